The van der Waals surface area contributed by atoms with Crippen LogP contribution in [0.5, 0.6) is 5.75 Å². The lowest BCUT2D eigenvalue weighted by Crippen LogP contribution is -2.40. The summed E-state index contributed by atoms with van der Waals surface area (Å²) in [5.41, 5.74) is 1.16. The van der Waals surface area contributed by atoms with Gasteiger partial charge >= 0.3 is 5.97 Å². The number of esters is 1. The number of carbonyl (C=O) groups is 3. The number of ether oxygens (including phenoxy) is 2. The third-order valence-electron chi connectivity index (χ3n) is 4.00. The third-order valence-corrected chi connectivity index (χ3v) is 4.93. The van der Waals surface area contributed by atoms with E-state index in [4.69, 9.17) is 9.47 Å². The Labute approximate surface area is 177 Å². The second kappa shape index (κ2) is 9.84. The van der Waals surface area contributed by atoms with E-state index in [1.54, 1.807) is 30.3 Å². The van der Waals surface area contributed by atoms with E-state index in [9.17, 15) is 14.4 Å². The number of anilines is 1. The van der Waals surface area contributed by atoms with Crippen LogP contribution in [0.3, 0.4) is 0 Å². The molecular formula is C21H21N3O5S. The Kier molecular flexibility index (Phi) is 6.97. The van der Waals surface area contributed by atoms with E-state index in [2.05, 4.69) is 15.6 Å². The number of carbonyl (C=O) groups excluding carboxylic acids is 3. The van der Waals surface area contributed by atoms with Gasteiger partial charge in [0.15, 0.2) is 11.7 Å². The Balaban J connectivity index is 1.49. The average molecular weight is 427 g/mol. The van der Waals surface area contributed by atoms with Crippen molar-refractivity contribution in [3.8, 4) is 5.75 Å². The van der Waals surface area contributed by atoms with Gasteiger partial charge in [-0.25, -0.2) is 9.78 Å². The zero-order valence-corrected chi connectivity index (χ0v) is 17.3. The summed E-state index contributed by atoms with van der Waals surface area (Å²) < 4.78 is 11.3. The number of aromatic nitrogens is 1. The lowest BCUT2D eigenvalue weighted by molar-refractivity contribution is -0.148. The zero-order chi connectivity index (χ0) is 21.5. The van der Waals surface area contributed by atoms with E-state index in [0.29, 0.717) is 17.3 Å². The van der Waals surface area contributed by atoms with Crippen LogP contribution >= 0.6 is 11.3 Å². The lowest BCUT2D eigenvalue weighted by atomic mass is 10.2. The van der Waals surface area contributed by atoms with Crippen LogP contribution in [0.15, 0.2) is 48.5 Å². The number of hydrogen-bond donors (Lipinski definition) is 2. The van der Waals surface area contributed by atoms with Gasteiger partial charge in [-0.05, 0) is 44.2 Å². The van der Waals surface area contributed by atoms with Gasteiger partial charge in [-0.2, -0.15) is 0 Å². The van der Waals surface area contributed by atoms with Crippen molar-refractivity contribution in [3.05, 3.63) is 54.1 Å². The van der Waals surface area contributed by atoms with Crippen LogP contribution in [0, 0.1) is 0 Å². The Hall–Kier alpha value is -3.46. The van der Waals surface area contributed by atoms with E-state index in [0.717, 1.165) is 16.0 Å². The molecule has 0 saturated heterocycles. The molecule has 30 heavy (non-hydrogen) atoms. The van der Waals surface area contributed by atoms with Crippen molar-refractivity contribution in [1.29, 1.82) is 0 Å². The molecule has 0 fully saturated rings. The number of nitrogens with one attached hydrogen (secondary N) is 2. The fourth-order valence-electron chi connectivity index (χ4n) is 2.56. The molecule has 1 atom stereocenters. The molecule has 8 nitrogen and oxygen atoms in total. The van der Waals surface area contributed by atoms with Crippen molar-refractivity contribution in [2.75, 3.05) is 18.5 Å². The number of benzene rings is 2. The quantitative estimate of drug-likeness (QED) is 0.535. The lowest BCUT2D eigenvalue weighted by Gasteiger charge is -2.13. The molecule has 0 aliphatic rings. The first-order chi connectivity index (χ1) is 14.5. The predicted molar refractivity (Wildman–Crippen MR) is 114 cm³/mol. The van der Waals surface area contributed by atoms with Crippen molar-refractivity contribution in [1.82, 2.24) is 10.3 Å². The molecule has 1 heterocycles. The molecule has 0 aliphatic carbocycles. The molecule has 0 radical (unpaired) electrons. The van der Waals surface area contributed by atoms with Gasteiger partial charge in [0.1, 0.15) is 11.8 Å². The Morgan fingerprint density at radius 2 is 1.90 bits per heavy atom. The molecule has 1 unspecified atom stereocenters. The molecule has 0 saturated carbocycles. The van der Waals surface area contributed by atoms with Gasteiger partial charge in [0.2, 0.25) is 0 Å². The number of amides is 2. The summed E-state index contributed by atoms with van der Waals surface area (Å²) in [5.74, 6) is -0.897. The maximum Gasteiger partial charge on any atom is 0.328 e. The normalized spacial score (nSPS) is 11.5. The SMILES string of the molecule is CCOc1ccc2nc(NC(=O)COC(=O)C(C)NC(=O)c3ccccc3)sc2c1. The van der Waals surface area contributed by atoms with Gasteiger partial charge in [-0.1, -0.05) is 29.5 Å². The monoisotopic (exact) mass is 427 g/mol. The minimum Gasteiger partial charge on any atom is -0.494 e. The molecule has 2 amide bonds. The van der Waals surface area contributed by atoms with E-state index >= 15 is 0 Å². The van der Waals surface area contributed by atoms with E-state index in [1.807, 2.05) is 25.1 Å². The molecule has 0 bridgehead atoms. The van der Waals surface area contributed by atoms with Gasteiger partial charge in [-0.3, -0.25) is 14.9 Å². The van der Waals surface area contributed by atoms with Crippen molar-refractivity contribution in [2.45, 2.75) is 19.9 Å². The molecule has 156 valence electrons. The van der Waals surface area contributed by atoms with E-state index in [-0.39, 0.29) is 0 Å². The fourth-order valence-corrected chi connectivity index (χ4v) is 3.47. The molecule has 3 rings (SSSR count). The molecule has 0 aliphatic heterocycles. The molecule has 2 aromatic carbocycles. The molecule has 3 aromatic rings. The number of hydrogen-bond acceptors (Lipinski definition) is 7. The summed E-state index contributed by atoms with van der Waals surface area (Å²) in [6.07, 6.45) is 0. The van der Waals surface area contributed by atoms with Crippen LogP contribution in [-0.4, -0.2) is 42.0 Å². The van der Waals surface area contributed by atoms with Gasteiger partial charge < -0.3 is 14.8 Å². The van der Waals surface area contributed by atoms with Crippen molar-refractivity contribution in [3.63, 3.8) is 0 Å². The molecule has 1 aromatic heterocycles. The second-order valence-corrected chi connectivity index (χ2v) is 7.33. The summed E-state index contributed by atoms with van der Waals surface area (Å²) in [4.78, 5) is 40.6. The highest BCUT2D eigenvalue weighted by atomic mass is 32.1. The number of rotatable bonds is 8. The van der Waals surface area contributed by atoms with E-state index in [1.165, 1.54) is 18.3 Å². The summed E-state index contributed by atoms with van der Waals surface area (Å²) in [7, 11) is 0. The number of nitrogens with zero attached hydrogens (tertiary/aromatic N) is 1. The van der Waals surface area contributed by atoms with Crippen LogP contribution in [0.25, 0.3) is 10.2 Å². The topological polar surface area (TPSA) is 107 Å². The van der Waals surface area contributed by atoms with Crippen LogP contribution in [0.1, 0.15) is 24.2 Å². The van der Waals surface area contributed by atoms with Crippen LogP contribution in [0.2, 0.25) is 0 Å². The minimum atomic E-state index is -0.898. The Morgan fingerprint density at radius 1 is 1.13 bits per heavy atom. The van der Waals surface area contributed by atoms with Crippen LogP contribution in [-0.2, 0) is 14.3 Å². The molecule has 2 N–H and O–H groups in total. The Bertz CT molecular complexity index is 1050. The first-order valence-electron chi connectivity index (χ1n) is 9.32. The van der Waals surface area contributed by atoms with Crippen LogP contribution in [0.4, 0.5) is 5.13 Å². The largest absolute Gasteiger partial charge is 0.494 e. The average Bonchev–Trinajstić information content (AvgIpc) is 3.14. The summed E-state index contributed by atoms with van der Waals surface area (Å²) >= 11 is 1.29. The third kappa shape index (κ3) is 5.54. The summed E-state index contributed by atoms with van der Waals surface area (Å²) in [6.45, 7) is 3.47. The molecular weight excluding hydrogens is 406 g/mol. The zero-order valence-electron chi connectivity index (χ0n) is 16.5. The first kappa shape index (κ1) is 21.3. The number of fused-ring (bicyclic) bond motifs is 1. The van der Waals surface area contributed by atoms with Gasteiger partial charge in [0, 0.05) is 5.56 Å². The van der Waals surface area contributed by atoms with Gasteiger partial charge in [-0.15, -0.1) is 0 Å². The van der Waals surface area contributed by atoms with Gasteiger partial charge in [0.05, 0.1) is 16.8 Å². The summed E-state index contributed by atoms with van der Waals surface area (Å²) in [6, 6.07) is 13.1. The molecule has 9 heteroatoms. The minimum absolute atomic E-state index is 0.394. The highest BCUT2D eigenvalue weighted by Gasteiger charge is 2.19. The van der Waals surface area contributed by atoms with Gasteiger partial charge in [0.25, 0.3) is 11.8 Å². The van der Waals surface area contributed by atoms with Crippen LogP contribution < -0.4 is 15.4 Å². The molecule has 0 spiro atoms. The van der Waals surface area contributed by atoms with E-state index < -0.39 is 30.4 Å². The second-order valence-electron chi connectivity index (χ2n) is 6.30. The number of thiazole rings is 1. The van der Waals surface area contributed by atoms with Crippen molar-refractivity contribution >= 4 is 44.5 Å². The highest BCUT2D eigenvalue weighted by molar-refractivity contribution is 7.22. The van der Waals surface area contributed by atoms with Crippen molar-refractivity contribution in [2.24, 2.45) is 0 Å². The first-order valence-corrected chi connectivity index (χ1v) is 10.1. The highest BCUT2D eigenvalue weighted by Crippen LogP contribution is 2.29. The predicted octanol–water partition coefficient (Wildman–Crippen LogP) is 3.00. The maximum absolute atomic E-state index is 12.1. The fraction of sp³-hybridized carbons (Fsp3) is 0.238. The standard InChI is InChI=1S/C21H21N3O5S/c1-3-28-15-9-10-16-17(11-15)30-21(23-16)24-18(25)12-29-20(27)13(2)22-19(26)14-7-5-4-6-8-14/h4-11,13H,3,12H2,1-2H3,(H,22,26)(H,23,24,25). The van der Waals surface area contributed by atoms with Crippen molar-refractivity contribution < 1.29 is 23.9 Å². The summed E-state index contributed by atoms with van der Waals surface area (Å²) in [5, 5.41) is 5.54. The Morgan fingerprint density at radius 3 is 2.63 bits per heavy atom. The smallest absolute Gasteiger partial charge is 0.328 e. The maximum atomic E-state index is 12.1.